The Hall–Kier alpha value is -1.88. The van der Waals surface area contributed by atoms with E-state index in [1.807, 2.05) is 31.2 Å². The SMILES string of the molecule is CC(Cc1ccc(Cl)cc1)NC(=O)c1n[nH]c(C2CC2)n1. The zero-order chi connectivity index (χ0) is 14.8. The lowest BCUT2D eigenvalue weighted by Crippen LogP contribution is -2.34. The highest BCUT2D eigenvalue weighted by atomic mass is 35.5. The summed E-state index contributed by atoms with van der Waals surface area (Å²) in [4.78, 5) is 16.3. The molecule has 1 atom stereocenters. The highest BCUT2D eigenvalue weighted by Crippen LogP contribution is 2.37. The van der Waals surface area contributed by atoms with Crippen molar-refractivity contribution in [3.63, 3.8) is 0 Å². The number of aromatic nitrogens is 3. The number of nitrogens with one attached hydrogen (secondary N) is 2. The number of halogens is 1. The standard InChI is InChI=1S/C15H17ClN4O/c1-9(8-10-2-6-12(16)7-3-10)17-15(21)14-18-13(19-20-14)11-4-5-11/h2-3,6-7,9,11H,4-5,8H2,1H3,(H,17,21)(H,18,19,20). The number of rotatable bonds is 5. The van der Waals surface area contributed by atoms with Crippen LogP contribution in [0.2, 0.25) is 5.02 Å². The molecule has 0 radical (unpaired) electrons. The number of carbonyl (C=O) groups excluding carboxylic acids is 1. The van der Waals surface area contributed by atoms with E-state index < -0.39 is 0 Å². The maximum Gasteiger partial charge on any atom is 0.291 e. The molecule has 1 unspecified atom stereocenters. The van der Waals surface area contributed by atoms with E-state index in [1.54, 1.807) is 0 Å². The van der Waals surface area contributed by atoms with Gasteiger partial charge in [-0.3, -0.25) is 9.89 Å². The third kappa shape index (κ3) is 3.61. The summed E-state index contributed by atoms with van der Waals surface area (Å²) in [6, 6.07) is 7.62. The molecular weight excluding hydrogens is 288 g/mol. The van der Waals surface area contributed by atoms with E-state index in [0.717, 1.165) is 30.7 Å². The number of hydrogen-bond acceptors (Lipinski definition) is 3. The minimum Gasteiger partial charge on any atom is -0.346 e. The maximum atomic E-state index is 12.1. The first-order valence-electron chi connectivity index (χ1n) is 7.09. The van der Waals surface area contributed by atoms with Gasteiger partial charge in [0.2, 0.25) is 5.82 Å². The first-order valence-corrected chi connectivity index (χ1v) is 7.47. The largest absolute Gasteiger partial charge is 0.346 e. The molecule has 1 heterocycles. The van der Waals surface area contributed by atoms with Crippen molar-refractivity contribution in [1.82, 2.24) is 20.5 Å². The number of hydrogen-bond donors (Lipinski definition) is 2. The summed E-state index contributed by atoms with van der Waals surface area (Å²) in [5.41, 5.74) is 1.13. The number of benzene rings is 1. The lowest BCUT2D eigenvalue weighted by atomic mass is 10.1. The third-order valence-electron chi connectivity index (χ3n) is 3.50. The van der Waals surface area contributed by atoms with Gasteiger partial charge in [0.15, 0.2) is 0 Å². The molecular formula is C15H17ClN4O. The van der Waals surface area contributed by atoms with E-state index in [-0.39, 0.29) is 17.8 Å². The Morgan fingerprint density at radius 1 is 1.43 bits per heavy atom. The van der Waals surface area contributed by atoms with Crippen molar-refractivity contribution in [1.29, 1.82) is 0 Å². The zero-order valence-corrected chi connectivity index (χ0v) is 12.5. The Morgan fingerprint density at radius 2 is 2.14 bits per heavy atom. The molecule has 3 rings (SSSR count). The monoisotopic (exact) mass is 304 g/mol. The molecule has 110 valence electrons. The number of aromatic amines is 1. The van der Waals surface area contributed by atoms with Crippen molar-refractivity contribution in [2.24, 2.45) is 0 Å². The molecule has 21 heavy (non-hydrogen) atoms. The molecule has 1 aromatic carbocycles. The second-order valence-corrected chi connectivity index (χ2v) is 5.96. The first-order chi connectivity index (χ1) is 10.1. The average Bonchev–Trinajstić information content (AvgIpc) is 3.18. The van der Waals surface area contributed by atoms with Gasteiger partial charge in [0.1, 0.15) is 5.82 Å². The summed E-state index contributed by atoms with van der Waals surface area (Å²) in [6.45, 7) is 1.96. The number of carbonyl (C=O) groups is 1. The Bertz CT molecular complexity index is 633. The molecule has 0 aliphatic heterocycles. The fourth-order valence-electron chi connectivity index (χ4n) is 2.23. The van der Waals surface area contributed by atoms with Gasteiger partial charge in [0.25, 0.3) is 5.91 Å². The molecule has 2 N–H and O–H groups in total. The number of nitrogens with zero attached hydrogens (tertiary/aromatic N) is 2. The summed E-state index contributed by atoms with van der Waals surface area (Å²) in [6.07, 6.45) is 3.00. The van der Waals surface area contributed by atoms with E-state index in [0.29, 0.717) is 10.9 Å². The van der Waals surface area contributed by atoms with Gasteiger partial charge >= 0.3 is 0 Å². The molecule has 2 aromatic rings. The van der Waals surface area contributed by atoms with Crippen LogP contribution < -0.4 is 5.32 Å². The number of amides is 1. The molecule has 0 bridgehead atoms. The molecule has 0 saturated heterocycles. The lowest BCUT2D eigenvalue weighted by Gasteiger charge is -2.12. The predicted molar refractivity (Wildman–Crippen MR) is 80.4 cm³/mol. The topological polar surface area (TPSA) is 70.7 Å². The van der Waals surface area contributed by atoms with Crippen LogP contribution in [-0.2, 0) is 6.42 Å². The second kappa shape index (κ2) is 5.85. The molecule has 5 nitrogen and oxygen atoms in total. The maximum absolute atomic E-state index is 12.1. The van der Waals surface area contributed by atoms with Gasteiger partial charge in [-0.15, -0.1) is 5.10 Å². The van der Waals surface area contributed by atoms with Gasteiger partial charge < -0.3 is 5.32 Å². The molecule has 1 amide bonds. The smallest absolute Gasteiger partial charge is 0.291 e. The van der Waals surface area contributed by atoms with Gasteiger partial charge in [-0.1, -0.05) is 23.7 Å². The van der Waals surface area contributed by atoms with Crippen molar-refractivity contribution in [3.05, 3.63) is 46.5 Å². The van der Waals surface area contributed by atoms with Crippen molar-refractivity contribution in [2.75, 3.05) is 0 Å². The fraction of sp³-hybridized carbons (Fsp3) is 0.400. The van der Waals surface area contributed by atoms with Crippen LogP contribution in [0.5, 0.6) is 0 Å². The average molecular weight is 305 g/mol. The van der Waals surface area contributed by atoms with E-state index >= 15 is 0 Å². The molecule has 1 aliphatic carbocycles. The summed E-state index contributed by atoms with van der Waals surface area (Å²) in [5, 5.41) is 10.5. The number of H-pyrrole nitrogens is 1. The molecule has 6 heteroatoms. The Morgan fingerprint density at radius 3 is 2.81 bits per heavy atom. The van der Waals surface area contributed by atoms with Crippen LogP contribution >= 0.6 is 11.6 Å². The summed E-state index contributed by atoms with van der Waals surface area (Å²) >= 11 is 5.86. The summed E-state index contributed by atoms with van der Waals surface area (Å²) in [5.74, 6) is 1.27. The van der Waals surface area contributed by atoms with Crippen LogP contribution in [0, 0.1) is 0 Å². The quantitative estimate of drug-likeness (QED) is 0.892. The zero-order valence-electron chi connectivity index (χ0n) is 11.8. The van der Waals surface area contributed by atoms with Gasteiger partial charge in [-0.25, -0.2) is 4.98 Å². The minimum absolute atomic E-state index is 0.00144. The highest BCUT2D eigenvalue weighted by Gasteiger charge is 2.28. The van der Waals surface area contributed by atoms with Gasteiger partial charge in [0, 0.05) is 17.0 Å². The molecule has 1 aliphatic rings. The molecule has 1 aromatic heterocycles. The van der Waals surface area contributed by atoms with Crippen molar-refractivity contribution in [3.8, 4) is 0 Å². The minimum atomic E-state index is -0.236. The van der Waals surface area contributed by atoms with Crippen LogP contribution in [0.15, 0.2) is 24.3 Å². The van der Waals surface area contributed by atoms with Crippen LogP contribution in [0.4, 0.5) is 0 Å². The van der Waals surface area contributed by atoms with E-state index in [9.17, 15) is 4.79 Å². The summed E-state index contributed by atoms with van der Waals surface area (Å²) < 4.78 is 0. The molecule has 1 saturated carbocycles. The van der Waals surface area contributed by atoms with E-state index in [2.05, 4.69) is 20.5 Å². The lowest BCUT2D eigenvalue weighted by molar-refractivity contribution is 0.0930. The van der Waals surface area contributed by atoms with E-state index in [1.165, 1.54) is 0 Å². The second-order valence-electron chi connectivity index (χ2n) is 5.52. The Kier molecular flexibility index (Phi) is 3.92. The third-order valence-corrected chi connectivity index (χ3v) is 3.75. The van der Waals surface area contributed by atoms with Crippen LogP contribution in [0.25, 0.3) is 0 Å². The van der Waals surface area contributed by atoms with Crippen LogP contribution in [-0.4, -0.2) is 27.1 Å². The molecule has 1 fully saturated rings. The Labute approximate surface area is 128 Å². The van der Waals surface area contributed by atoms with Crippen LogP contribution in [0.3, 0.4) is 0 Å². The van der Waals surface area contributed by atoms with Gasteiger partial charge in [0.05, 0.1) is 0 Å². The highest BCUT2D eigenvalue weighted by molar-refractivity contribution is 6.30. The van der Waals surface area contributed by atoms with Crippen molar-refractivity contribution in [2.45, 2.75) is 38.1 Å². The van der Waals surface area contributed by atoms with Crippen molar-refractivity contribution < 1.29 is 4.79 Å². The van der Waals surface area contributed by atoms with Crippen LogP contribution in [0.1, 0.15) is 47.7 Å². The van der Waals surface area contributed by atoms with Crippen molar-refractivity contribution >= 4 is 17.5 Å². The van der Waals surface area contributed by atoms with Gasteiger partial charge in [-0.05, 0) is 43.9 Å². The fourth-order valence-corrected chi connectivity index (χ4v) is 2.35. The molecule has 0 spiro atoms. The first kappa shape index (κ1) is 14.1. The predicted octanol–water partition coefficient (Wildman–Crippen LogP) is 2.70. The van der Waals surface area contributed by atoms with E-state index in [4.69, 9.17) is 11.6 Å². The normalized spacial score (nSPS) is 15.7. The summed E-state index contributed by atoms with van der Waals surface area (Å²) in [7, 11) is 0. The Balaban J connectivity index is 1.56. The van der Waals surface area contributed by atoms with Gasteiger partial charge in [-0.2, -0.15) is 0 Å².